The van der Waals surface area contributed by atoms with Gasteiger partial charge in [0, 0.05) is 13.1 Å². The molecule has 2 heterocycles. The third-order valence-electron chi connectivity index (χ3n) is 4.17. The Morgan fingerprint density at radius 3 is 2.42 bits per heavy atom. The van der Waals surface area contributed by atoms with Crippen molar-refractivity contribution in [2.75, 3.05) is 18.0 Å². The average molecular weight is 263 g/mol. The van der Waals surface area contributed by atoms with Gasteiger partial charge < -0.3 is 10.0 Å². The Hall–Kier alpha value is -1.65. The number of carboxylic acids is 1. The van der Waals surface area contributed by atoms with E-state index in [0.29, 0.717) is 0 Å². The lowest BCUT2D eigenvalue weighted by atomic mass is 9.74. The Labute approximate surface area is 113 Å². The molecule has 0 unspecified atom stereocenters. The maximum atomic E-state index is 11.3. The lowest BCUT2D eigenvalue weighted by Gasteiger charge is -2.38. The molecule has 0 atom stereocenters. The number of aliphatic carboxylic acids is 1. The predicted octanol–water partition coefficient (Wildman–Crippen LogP) is 2.11. The first-order valence-corrected chi connectivity index (χ1v) is 6.70. The Bertz CT molecular complexity index is 448. The number of carbonyl (C=O) groups is 1. The highest BCUT2D eigenvalue weighted by atomic mass is 16.4. The van der Waals surface area contributed by atoms with Crippen LogP contribution < -0.4 is 4.90 Å². The minimum Gasteiger partial charge on any atom is -0.481 e. The number of carboxylic acid groups (broad SMARTS) is 1. The molecule has 0 aliphatic carbocycles. The number of piperidine rings is 1. The van der Waals surface area contributed by atoms with Crippen molar-refractivity contribution in [3.63, 3.8) is 0 Å². The summed E-state index contributed by atoms with van der Waals surface area (Å²) in [5.41, 5.74) is 0.260. The van der Waals surface area contributed by atoms with Gasteiger partial charge in [0.05, 0.1) is 11.1 Å². The summed E-state index contributed by atoms with van der Waals surface area (Å²) in [5, 5.41) is 17.5. The lowest BCUT2D eigenvalue weighted by molar-refractivity contribution is -0.150. The molecule has 104 valence electrons. The summed E-state index contributed by atoms with van der Waals surface area (Å²) in [6.45, 7) is 7.25. The molecule has 1 saturated heterocycles. The maximum absolute atomic E-state index is 11.3. The number of nitrogens with zero attached hydrogens (tertiary/aromatic N) is 3. The zero-order chi connectivity index (χ0) is 14.0. The Morgan fingerprint density at radius 1 is 1.32 bits per heavy atom. The summed E-state index contributed by atoms with van der Waals surface area (Å²) in [7, 11) is 0. The minimum absolute atomic E-state index is 0.222. The first-order valence-electron chi connectivity index (χ1n) is 6.70. The van der Waals surface area contributed by atoms with Crippen LogP contribution in [0.25, 0.3) is 0 Å². The van der Waals surface area contributed by atoms with Crippen LogP contribution in [0.3, 0.4) is 0 Å². The van der Waals surface area contributed by atoms with Crippen LogP contribution in [0.5, 0.6) is 0 Å². The summed E-state index contributed by atoms with van der Waals surface area (Å²) >= 11 is 0. The van der Waals surface area contributed by atoms with Crippen molar-refractivity contribution in [1.29, 1.82) is 0 Å². The van der Waals surface area contributed by atoms with Gasteiger partial charge in [0.1, 0.15) is 0 Å². The third kappa shape index (κ3) is 2.85. The van der Waals surface area contributed by atoms with Crippen molar-refractivity contribution in [2.24, 2.45) is 11.3 Å². The largest absolute Gasteiger partial charge is 0.481 e. The molecule has 5 nitrogen and oxygen atoms in total. The molecule has 1 aliphatic rings. The van der Waals surface area contributed by atoms with E-state index in [0.717, 1.165) is 37.4 Å². The number of aryl methyl sites for hydroxylation is 1. The van der Waals surface area contributed by atoms with Crippen LogP contribution in [0.4, 0.5) is 5.82 Å². The number of hydrogen-bond donors (Lipinski definition) is 1. The Balaban J connectivity index is 1.99. The molecule has 0 amide bonds. The van der Waals surface area contributed by atoms with Crippen LogP contribution >= 0.6 is 0 Å². The van der Waals surface area contributed by atoms with Gasteiger partial charge in [-0.15, -0.1) is 5.10 Å². The fourth-order valence-corrected chi connectivity index (χ4v) is 2.57. The average Bonchev–Trinajstić information content (AvgIpc) is 2.39. The van der Waals surface area contributed by atoms with E-state index in [9.17, 15) is 9.90 Å². The summed E-state index contributed by atoms with van der Waals surface area (Å²) < 4.78 is 0. The molecule has 0 aromatic carbocycles. The molecule has 19 heavy (non-hydrogen) atoms. The fourth-order valence-electron chi connectivity index (χ4n) is 2.57. The van der Waals surface area contributed by atoms with Gasteiger partial charge in [-0.3, -0.25) is 4.79 Å². The fraction of sp³-hybridized carbons (Fsp3) is 0.643. The number of anilines is 1. The van der Waals surface area contributed by atoms with Crippen molar-refractivity contribution in [2.45, 2.75) is 33.6 Å². The molecule has 0 radical (unpaired) electrons. The van der Waals surface area contributed by atoms with Crippen molar-refractivity contribution in [3.05, 3.63) is 17.8 Å². The van der Waals surface area contributed by atoms with Crippen molar-refractivity contribution in [3.8, 4) is 0 Å². The topological polar surface area (TPSA) is 66.3 Å². The van der Waals surface area contributed by atoms with Crippen molar-refractivity contribution in [1.82, 2.24) is 10.2 Å². The predicted molar refractivity (Wildman–Crippen MR) is 73.1 cm³/mol. The quantitative estimate of drug-likeness (QED) is 0.904. The van der Waals surface area contributed by atoms with Crippen LogP contribution in [0.2, 0.25) is 0 Å². The molecule has 1 aromatic heterocycles. The molecule has 1 aliphatic heterocycles. The zero-order valence-electron chi connectivity index (χ0n) is 11.8. The molecule has 1 fully saturated rings. The first-order chi connectivity index (χ1) is 8.91. The van der Waals surface area contributed by atoms with Crippen LogP contribution in [0.1, 0.15) is 32.4 Å². The summed E-state index contributed by atoms with van der Waals surface area (Å²) in [5.74, 6) is 0.401. The van der Waals surface area contributed by atoms with Gasteiger partial charge in [-0.1, -0.05) is 0 Å². The van der Waals surface area contributed by atoms with Crippen molar-refractivity contribution < 1.29 is 9.90 Å². The van der Waals surface area contributed by atoms with Crippen LogP contribution in [-0.4, -0.2) is 34.4 Å². The van der Waals surface area contributed by atoms with Gasteiger partial charge in [-0.2, -0.15) is 5.10 Å². The van der Waals surface area contributed by atoms with E-state index in [1.165, 1.54) is 0 Å². The summed E-state index contributed by atoms with van der Waals surface area (Å²) in [6, 6.07) is 3.93. The van der Waals surface area contributed by atoms with E-state index in [-0.39, 0.29) is 5.92 Å². The number of aromatic nitrogens is 2. The molecular formula is C14H21N3O2. The molecule has 1 aromatic rings. The molecule has 0 spiro atoms. The van der Waals surface area contributed by atoms with Crippen molar-refractivity contribution >= 4 is 11.8 Å². The summed E-state index contributed by atoms with van der Waals surface area (Å²) in [6.07, 6.45) is 1.77. The highest BCUT2D eigenvalue weighted by Crippen LogP contribution is 2.35. The van der Waals surface area contributed by atoms with E-state index < -0.39 is 11.4 Å². The van der Waals surface area contributed by atoms with Gasteiger partial charge in [-0.05, 0) is 51.7 Å². The second-order valence-corrected chi connectivity index (χ2v) is 5.82. The van der Waals surface area contributed by atoms with Gasteiger partial charge in [0.15, 0.2) is 5.82 Å². The van der Waals surface area contributed by atoms with E-state index >= 15 is 0 Å². The minimum atomic E-state index is -0.707. The Morgan fingerprint density at radius 2 is 1.95 bits per heavy atom. The number of rotatable bonds is 3. The van der Waals surface area contributed by atoms with E-state index in [1.807, 2.05) is 32.9 Å². The van der Waals surface area contributed by atoms with E-state index in [1.54, 1.807) is 0 Å². The zero-order valence-corrected chi connectivity index (χ0v) is 11.8. The second-order valence-electron chi connectivity index (χ2n) is 5.82. The second kappa shape index (κ2) is 5.15. The highest BCUT2D eigenvalue weighted by molar-refractivity contribution is 5.74. The smallest absolute Gasteiger partial charge is 0.309 e. The SMILES string of the molecule is Cc1ccc(N2CCC(C(C)(C)C(=O)O)CC2)nn1. The normalized spacial score (nSPS) is 17.5. The molecule has 1 N–H and O–H groups in total. The van der Waals surface area contributed by atoms with Gasteiger partial charge >= 0.3 is 5.97 Å². The molecule has 0 saturated carbocycles. The van der Waals surface area contributed by atoms with Crippen LogP contribution in [0, 0.1) is 18.3 Å². The van der Waals surface area contributed by atoms with Gasteiger partial charge in [0.25, 0.3) is 0 Å². The molecule has 2 rings (SSSR count). The Kier molecular flexibility index (Phi) is 3.73. The molecular weight excluding hydrogens is 242 g/mol. The number of hydrogen-bond acceptors (Lipinski definition) is 4. The van der Waals surface area contributed by atoms with Crippen LogP contribution in [-0.2, 0) is 4.79 Å². The van der Waals surface area contributed by atoms with Crippen LogP contribution in [0.15, 0.2) is 12.1 Å². The monoisotopic (exact) mass is 263 g/mol. The highest BCUT2D eigenvalue weighted by Gasteiger charge is 2.38. The van der Waals surface area contributed by atoms with Gasteiger partial charge in [-0.25, -0.2) is 0 Å². The lowest BCUT2D eigenvalue weighted by Crippen LogP contribution is -2.42. The summed E-state index contributed by atoms with van der Waals surface area (Å²) in [4.78, 5) is 13.5. The third-order valence-corrected chi connectivity index (χ3v) is 4.17. The maximum Gasteiger partial charge on any atom is 0.309 e. The van der Waals surface area contributed by atoms with Gasteiger partial charge in [0.2, 0.25) is 0 Å². The van der Waals surface area contributed by atoms with E-state index in [4.69, 9.17) is 0 Å². The van der Waals surface area contributed by atoms with E-state index in [2.05, 4.69) is 15.1 Å². The molecule has 0 bridgehead atoms. The molecule has 5 heteroatoms. The first kappa shape index (κ1) is 13.8. The standard InChI is InChI=1S/C14H21N3O2/c1-10-4-5-12(16-15-10)17-8-6-11(7-9-17)14(2,3)13(18)19/h4-5,11H,6-9H2,1-3H3,(H,18,19).